The standard InChI is InChI=1S/C19H24N8O2S.2ClH/c20-13-5-7-25(8-6-13)17-22-19(30-24-17)27-11-9-26(10-12-27)18(28)21-16-14-3-1-2-4-15(14)29-23-16;;/h1-4,13H,5-12,20H2,(H,21,23,28);2*1H. The number of urea groups is 1. The number of rotatable bonds is 3. The molecule has 10 nitrogen and oxygen atoms in total. The van der Waals surface area contributed by atoms with Crippen LogP contribution in [0.2, 0.25) is 0 Å². The van der Waals surface area contributed by atoms with Gasteiger partial charge in [0.1, 0.15) is 0 Å². The highest BCUT2D eigenvalue weighted by Crippen LogP contribution is 2.26. The Morgan fingerprint density at radius 1 is 1.06 bits per heavy atom. The summed E-state index contributed by atoms with van der Waals surface area (Å²) >= 11 is 1.42. The van der Waals surface area contributed by atoms with Crippen LogP contribution in [0.25, 0.3) is 11.0 Å². The first-order valence-electron chi connectivity index (χ1n) is 10.2. The molecule has 13 heteroatoms. The summed E-state index contributed by atoms with van der Waals surface area (Å²) in [4.78, 5) is 23.6. The molecule has 2 aliphatic rings. The Kier molecular flexibility index (Phi) is 7.99. The Morgan fingerprint density at radius 3 is 2.53 bits per heavy atom. The average molecular weight is 501 g/mol. The van der Waals surface area contributed by atoms with Crippen LogP contribution in [0.15, 0.2) is 28.8 Å². The number of amides is 2. The van der Waals surface area contributed by atoms with Gasteiger partial charge in [0.15, 0.2) is 11.4 Å². The molecule has 0 bridgehead atoms. The van der Waals surface area contributed by atoms with Gasteiger partial charge in [-0.05, 0) is 25.0 Å². The zero-order chi connectivity index (χ0) is 20.5. The predicted octanol–water partition coefficient (Wildman–Crippen LogP) is 2.80. The van der Waals surface area contributed by atoms with E-state index in [9.17, 15) is 4.79 Å². The smallest absolute Gasteiger partial charge is 0.323 e. The third kappa shape index (κ3) is 5.01. The number of hydrogen-bond acceptors (Lipinski definition) is 9. The van der Waals surface area contributed by atoms with Gasteiger partial charge in [0.05, 0.1) is 5.39 Å². The Hall–Kier alpha value is -2.34. The fourth-order valence-corrected chi connectivity index (χ4v) is 4.56. The van der Waals surface area contributed by atoms with E-state index in [0.29, 0.717) is 37.6 Å². The van der Waals surface area contributed by atoms with Crippen molar-refractivity contribution in [3.05, 3.63) is 24.3 Å². The van der Waals surface area contributed by atoms with Gasteiger partial charge in [0, 0.05) is 56.8 Å². The van der Waals surface area contributed by atoms with E-state index in [0.717, 1.165) is 42.4 Å². The minimum atomic E-state index is -0.170. The lowest BCUT2D eigenvalue weighted by Gasteiger charge is -2.34. The fourth-order valence-electron chi connectivity index (χ4n) is 3.82. The molecule has 2 amide bonds. The van der Waals surface area contributed by atoms with E-state index in [-0.39, 0.29) is 36.9 Å². The summed E-state index contributed by atoms with van der Waals surface area (Å²) in [6, 6.07) is 7.58. The van der Waals surface area contributed by atoms with Crippen LogP contribution < -0.4 is 20.9 Å². The lowest BCUT2D eigenvalue weighted by molar-refractivity contribution is 0.208. The summed E-state index contributed by atoms with van der Waals surface area (Å²) < 4.78 is 9.79. The third-order valence-electron chi connectivity index (χ3n) is 5.67. The van der Waals surface area contributed by atoms with Crippen molar-refractivity contribution in [2.24, 2.45) is 5.73 Å². The Labute approximate surface area is 202 Å². The van der Waals surface area contributed by atoms with Crippen LogP contribution in [-0.4, -0.2) is 70.8 Å². The second-order valence-electron chi connectivity index (χ2n) is 7.63. The van der Waals surface area contributed by atoms with Crippen molar-refractivity contribution in [1.29, 1.82) is 0 Å². The molecule has 0 atom stereocenters. The minimum absolute atomic E-state index is 0. The zero-order valence-corrected chi connectivity index (χ0v) is 19.8. The molecule has 0 spiro atoms. The lowest BCUT2D eigenvalue weighted by atomic mass is 10.1. The van der Waals surface area contributed by atoms with Crippen molar-refractivity contribution in [2.75, 3.05) is 54.4 Å². The van der Waals surface area contributed by atoms with E-state index >= 15 is 0 Å². The van der Waals surface area contributed by atoms with E-state index in [1.165, 1.54) is 11.5 Å². The van der Waals surface area contributed by atoms with Gasteiger partial charge in [-0.15, -0.1) is 24.8 Å². The fraction of sp³-hybridized carbons (Fsp3) is 0.474. The van der Waals surface area contributed by atoms with Crippen molar-refractivity contribution < 1.29 is 9.32 Å². The monoisotopic (exact) mass is 500 g/mol. The molecular weight excluding hydrogens is 475 g/mol. The van der Waals surface area contributed by atoms with Crippen LogP contribution >= 0.6 is 36.3 Å². The highest BCUT2D eigenvalue weighted by Gasteiger charge is 2.26. The maximum Gasteiger partial charge on any atom is 0.323 e. The van der Waals surface area contributed by atoms with Crippen molar-refractivity contribution in [3.8, 4) is 0 Å². The van der Waals surface area contributed by atoms with Gasteiger partial charge in [-0.3, -0.25) is 5.32 Å². The zero-order valence-electron chi connectivity index (χ0n) is 17.3. The van der Waals surface area contributed by atoms with E-state index in [1.54, 1.807) is 4.90 Å². The quantitative estimate of drug-likeness (QED) is 0.563. The number of hydrogen-bond donors (Lipinski definition) is 2. The number of nitrogens with one attached hydrogen (secondary N) is 1. The molecule has 32 heavy (non-hydrogen) atoms. The van der Waals surface area contributed by atoms with Gasteiger partial charge in [-0.2, -0.15) is 9.36 Å². The molecule has 3 aromatic rings. The summed E-state index contributed by atoms with van der Waals surface area (Å²) in [7, 11) is 0. The molecule has 2 saturated heterocycles. The number of carbonyl (C=O) groups is 1. The van der Waals surface area contributed by atoms with Crippen molar-refractivity contribution in [3.63, 3.8) is 0 Å². The molecule has 5 rings (SSSR count). The van der Waals surface area contributed by atoms with Crippen molar-refractivity contribution in [1.82, 2.24) is 19.4 Å². The highest BCUT2D eigenvalue weighted by atomic mass is 35.5. The Morgan fingerprint density at radius 2 is 1.78 bits per heavy atom. The first-order chi connectivity index (χ1) is 14.7. The largest absolute Gasteiger partial charge is 0.354 e. The van der Waals surface area contributed by atoms with Gasteiger partial charge >= 0.3 is 6.03 Å². The summed E-state index contributed by atoms with van der Waals surface area (Å²) in [6.07, 6.45) is 1.95. The van der Waals surface area contributed by atoms with Gasteiger partial charge < -0.3 is 25.0 Å². The van der Waals surface area contributed by atoms with Crippen LogP contribution in [0, 0.1) is 0 Å². The molecule has 2 aromatic heterocycles. The first-order valence-corrected chi connectivity index (χ1v) is 10.9. The summed E-state index contributed by atoms with van der Waals surface area (Å²) in [5.74, 6) is 1.24. The highest BCUT2D eigenvalue weighted by molar-refractivity contribution is 7.09. The number of carbonyl (C=O) groups excluding carboxylic acids is 1. The molecule has 0 radical (unpaired) electrons. The number of piperazine rings is 1. The molecule has 174 valence electrons. The van der Waals surface area contributed by atoms with Gasteiger partial charge in [-0.1, -0.05) is 17.3 Å². The average Bonchev–Trinajstić information content (AvgIpc) is 3.42. The number of nitrogens with two attached hydrogens (primary N) is 1. The number of aromatic nitrogens is 3. The normalized spacial score (nSPS) is 17.1. The van der Waals surface area contributed by atoms with Gasteiger partial charge in [-0.25, -0.2) is 4.79 Å². The summed E-state index contributed by atoms with van der Waals surface area (Å²) in [5, 5.41) is 8.53. The maximum atomic E-state index is 12.7. The number of benzene rings is 1. The first kappa shape index (κ1) is 24.3. The number of nitrogens with zero attached hydrogens (tertiary/aromatic N) is 6. The van der Waals surface area contributed by atoms with Crippen LogP contribution in [0.5, 0.6) is 0 Å². The molecule has 2 aliphatic heterocycles. The number of para-hydroxylation sites is 1. The van der Waals surface area contributed by atoms with E-state index < -0.39 is 0 Å². The van der Waals surface area contributed by atoms with Crippen LogP contribution in [-0.2, 0) is 0 Å². The van der Waals surface area contributed by atoms with Crippen molar-refractivity contribution >= 4 is 70.2 Å². The molecule has 0 unspecified atom stereocenters. The molecule has 0 aliphatic carbocycles. The van der Waals surface area contributed by atoms with Crippen molar-refractivity contribution in [2.45, 2.75) is 18.9 Å². The molecule has 1 aromatic carbocycles. The van der Waals surface area contributed by atoms with E-state index in [4.69, 9.17) is 15.2 Å². The second kappa shape index (κ2) is 10.5. The molecular formula is C19H26Cl2N8O2S. The van der Waals surface area contributed by atoms with Crippen LogP contribution in [0.1, 0.15) is 12.8 Å². The number of piperidine rings is 1. The number of halogens is 2. The predicted molar refractivity (Wildman–Crippen MR) is 131 cm³/mol. The van der Waals surface area contributed by atoms with E-state index in [2.05, 4.69) is 24.6 Å². The third-order valence-corrected chi connectivity index (χ3v) is 6.43. The van der Waals surface area contributed by atoms with Gasteiger partial charge in [0.2, 0.25) is 11.1 Å². The molecule has 3 N–H and O–H groups in total. The molecule has 4 heterocycles. The summed E-state index contributed by atoms with van der Waals surface area (Å²) in [5.41, 5.74) is 6.64. The summed E-state index contributed by atoms with van der Waals surface area (Å²) in [6.45, 7) is 4.45. The number of anilines is 3. The van der Waals surface area contributed by atoms with Gasteiger partial charge in [0.25, 0.3) is 0 Å². The lowest BCUT2D eigenvalue weighted by Crippen LogP contribution is -2.50. The molecule has 2 fully saturated rings. The molecule has 0 saturated carbocycles. The van der Waals surface area contributed by atoms with Crippen LogP contribution in [0.4, 0.5) is 21.7 Å². The second-order valence-corrected chi connectivity index (χ2v) is 8.36. The topological polar surface area (TPSA) is 117 Å². The Balaban J connectivity index is 0.00000144. The van der Waals surface area contributed by atoms with Crippen LogP contribution in [0.3, 0.4) is 0 Å². The number of fused-ring (bicyclic) bond motifs is 1. The SMILES string of the molecule is Cl.Cl.NC1CCN(c2nsc(N3CCN(C(=O)Nc4noc5ccccc45)CC3)n2)CC1. The minimum Gasteiger partial charge on any atom is -0.354 e. The Bertz CT molecular complexity index is 1030. The van der Waals surface area contributed by atoms with E-state index in [1.807, 2.05) is 24.3 Å². The maximum absolute atomic E-state index is 12.7.